The van der Waals surface area contributed by atoms with Gasteiger partial charge in [0.25, 0.3) is 5.91 Å². The Bertz CT molecular complexity index is 819. The summed E-state index contributed by atoms with van der Waals surface area (Å²) in [6.07, 6.45) is 4.93. The van der Waals surface area contributed by atoms with Crippen LogP contribution in [0, 0.1) is 18.8 Å². The van der Waals surface area contributed by atoms with E-state index in [1.807, 2.05) is 18.0 Å². The molecular formula is C17H19N5O2. The number of H-pyrrole nitrogens is 1. The highest BCUT2D eigenvalue weighted by atomic mass is 16.2. The Morgan fingerprint density at radius 3 is 2.67 bits per heavy atom. The topological polar surface area (TPSA) is 82.2 Å². The molecule has 4 heterocycles. The number of nitrogens with zero attached hydrogens (tertiary/aromatic N) is 4. The van der Waals surface area contributed by atoms with Gasteiger partial charge in [-0.2, -0.15) is 0 Å². The van der Waals surface area contributed by atoms with Crippen LogP contribution in [0.15, 0.2) is 35.6 Å². The third-order valence-electron chi connectivity index (χ3n) is 4.96. The van der Waals surface area contributed by atoms with E-state index in [1.54, 1.807) is 12.4 Å². The van der Waals surface area contributed by atoms with Gasteiger partial charge in [0.1, 0.15) is 12.1 Å². The van der Waals surface area contributed by atoms with Crippen molar-refractivity contribution in [3.63, 3.8) is 0 Å². The van der Waals surface area contributed by atoms with Crippen LogP contribution < -0.4 is 10.5 Å². The van der Waals surface area contributed by atoms with Crippen molar-refractivity contribution in [1.82, 2.24) is 19.9 Å². The second-order valence-electron chi connectivity index (χ2n) is 6.61. The van der Waals surface area contributed by atoms with Gasteiger partial charge in [-0.05, 0) is 13.0 Å². The molecule has 4 rings (SSSR count). The summed E-state index contributed by atoms with van der Waals surface area (Å²) in [4.78, 5) is 39.1. The molecular weight excluding hydrogens is 306 g/mol. The molecule has 7 heteroatoms. The van der Waals surface area contributed by atoms with E-state index in [4.69, 9.17) is 0 Å². The molecule has 2 fully saturated rings. The number of aryl methyl sites for hydroxylation is 1. The first-order chi connectivity index (χ1) is 11.6. The Kier molecular flexibility index (Phi) is 3.55. The van der Waals surface area contributed by atoms with Crippen molar-refractivity contribution in [2.24, 2.45) is 11.8 Å². The largest absolute Gasteiger partial charge is 0.356 e. The van der Waals surface area contributed by atoms with Gasteiger partial charge in [0, 0.05) is 67.6 Å². The summed E-state index contributed by atoms with van der Waals surface area (Å²) in [5.41, 5.74) is 1.29. The third kappa shape index (κ3) is 2.55. The summed E-state index contributed by atoms with van der Waals surface area (Å²) in [6.45, 7) is 5.30. The predicted octanol–water partition coefficient (Wildman–Crippen LogP) is 0.682. The van der Waals surface area contributed by atoms with Crippen LogP contribution >= 0.6 is 0 Å². The second-order valence-corrected chi connectivity index (χ2v) is 6.61. The fourth-order valence-corrected chi connectivity index (χ4v) is 3.82. The molecule has 24 heavy (non-hydrogen) atoms. The van der Waals surface area contributed by atoms with Crippen molar-refractivity contribution in [1.29, 1.82) is 0 Å². The number of amides is 1. The summed E-state index contributed by atoms with van der Waals surface area (Å²) in [5.74, 6) is 1.84. The fourth-order valence-electron chi connectivity index (χ4n) is 3.82. The number of nitrogens with one attached hydrogen (secondary N) is 1. The first-order valence-electron chi connectivity index (χ1n) is 8.11. The summed E-state index contributed by atoms with van der Waals surface area (Å²) < 4.78 is 0. The SMILES string of the molecule is Cc1cncnc1N1CC2CN(C(=O)c3cc[nH]c(=O)c3)CC2C1. The molecule has 2 aliphatic rings. The van der Waals surface area contributed by atoms with E-state index in [2.05, 4.69) is 19.9 Å². The van der Waals surface area contributed by atoms with Crippen LogP contribution in [0.3, 0.4) is 0 Å². The lowest BCUT2D eigenvalue weighted by molar-refractivity contribution is 0.0782. The van der Waals surface area contributed by atoms with E-state index in [0.717, 1.165) is 37.6 Å². The van der Waals surface area contributed by atoms with E-state index in [0.29, 0.717) is 17.4 Å². The summed E-state index contributed by atoms with van der Waals surface area (Å²) in [5, 5.41) is 0. The van der Waals surface area contributed by atoms with Gasteiger partial charge in [-0.25, -0.2) is 9.97 Å². The average Bonchev–Trinajstić information content (AvgIpc) is 3.13. The van der Waals surface area contributed by atoms with Gasteiger partial charge < -0.3 is 14.8 Å². The molecule has 2 aromatic heterocycles. The number of fused-ring (bicyclic) bond motifs is 1. The molecule has 124 valence electrons. The van der Waals surface area contributed by atoms with Crippen LogP contribution in [0.1, 0.15) is 15.9 Å². The minimum Gasteiger partial charge on any atom is -0.356 e. The smallest absolute Gasteiger partial charge is 0.254 e. The molecule has 0 bridgehead atoms. The lowest BCUT2D eigenvalue weighted by Gasteiger charge is -2.23. The van der Waals surface area contributed by atoms with Crippen LogP contribution in [0.25, 0.3) is 0 Å². The van der Waals surface area contributed by atoms with Crippen LogP contribution in [-0.2, 0) is 0 Å². The summed E-state index contributed by atoms with van der Waals surface area (Å²) in [6, 6.07) is 3.03. The molecule has 2 atom stereocenters. The van der Waals surface area contributed by atoms with Gasteiger partial charge in [-0.3, -0.25) is 9.59 Å². The molecule has 0 spiro atoms. The molecule has 2 saturated heterocycles. The first-order valence-corrected chi connectivity index (χ1v) is 8.11. The number of anilines is 1. The minimum atomic E-state index is -0.245. The number of aromatic nitrogens is 3. The summed E-state index contributed by atoms with van der Waals surface area (Å²) >= 11 is 0. The number of rotatable bonds is 2. The van der Waals surface area contributed by atoms with Crippen LogP contribution in [0.5, 0.6) is 0 Å². The number of likely N-dealkylation sites (tertiary alicyclic amines) is 1. The maximum Gasteiger partial charge on any atom is 0.254 e. The van der Waals surface area contributed by atoms with Crippen molar-refractivity contribution in [3.8, 4) is 0 Å². The van der Waals surface area contributed by atoms with Crippen LogP contribution in [0.4, 0.5) is 5.82 Å². The minimum absolute atomic E-state index is 0.0553. The maximum absolute atomic E-state index is 12.6. The van der Waals surface area contributed by atoms with Crippen LogP contribution in [-0.4, -0.2) is 51.9 Å². The van der Waals surface area contributed by atoms with Crippen molar-refractivity contribution in [3.05, 3.63) is 52.3 Å². The van der Waals surface area contributed by atoms with E-state index in [9.17, 15) is 9.59 Å². The Hall–Kier alpha value is -2.70. The van der Waals surface area contributed by atoms with Crippen molar-refractivity contribution in [2.75, 3.05) is 31.1 Å². The third-order valence-corrected chi connectivity index (χ3v) is 4.96. The van der Waals surface area contributed by atoms with E-state index in [-0.39, 0.29) is 11.5 Å². The molecule has 2 aromatic rings. The van der Waals surface area contributed by atoms with Crippen molar-refractivity contribution >= 4 is 11.7 Å². The molecule has 1 amide bonds. The lowest BCUT2D eigenvalue weighted by atomic mass is 10.0. The number of aromatic amines is 1. The van der Waals surface area contributed by atoms with E-state index in [1.165, 1.54) is 12.3 Å². The number of hydrogen-bond acceptors (Lipinski definition) is 5. The lowest BCUT2D eigenvalue weighted by Crippen LogP contribution is -2.34. The fraction of sp³-hybridized carbons (Fsp3) is 0.412. The molecule has 0 radical (unpaired) electrons. The standard InChI is InChI=1S/C17H19N5O2/c1-11-5-18-10-20-16(11)21-6-13-8-22(9-14(13)7-21)17(24)12-2-3-19-15(23)4-12/h2-5,10,13-14H,6-9H2,1H3,(H,19,23). The highest BCUT2D eigenvalue weighted by molar-refractivity contribution is 5.94. The zero-order valence-electron chi connectivity index (χ0n) is 13.5. The van der Waals surface area contributed by atoms with Gasteiger partial charge in [-0.15, -0.1) is 0 Å². The van der Waals surface area contributed by atoms with E-state index >= 15 is 0 Å². The highest BCUT2D eigenvalue weighted by Crippen LogP contribution is 2.34. The number of carbonyl (C=O) groups excluding carboxylic acids is 1. The average molecular weight is 325 g/mol. The molecule has 2 aliphatic heterocycles. The number of pyridine rings is 1. The Balaban J connectivity index is 1.46. The zero-order chi connectivity index (χ0) is 16.7. The molecule has 1 N–H and O–H groups in total. The molecule has 7 nitrogen and oxygen atoms in total. The Morgan fingerprint density at radius 2 is 2.00 bits per heavy atom. The van der Waals surface area contributed by atoms with Crippen molar-refractivity contribution in [2.45, 2.75) is 6.92 Å². The normalized spacial score (nSPS) is 22.7. The molecule has 0 aliphatic carbocycles. The molecule has 0 saturated carbocycles. The molecule has 2 unspecified atom stereocenters. The van der Waals surface area contributed by atoms with Gasteiger partial charge >= 0.3 is 0 Å². The van der Waals surface area contributed by atoms with E-state index < -0.39 is 0 Å². The monoisotopic (exact) mass is 325 g/mol. The van der Waals surface area contributed by atoms with Gasteiger partial charge in [0.05, 0.1) is 0 Å². The van der Waals surface area contributed by atoms with Gasteiger partial charge in [0.2, 0.25) is 5.56 Å². The quantitative estimate of drug-likeness (QED) is 0.878. The Morgan fingerprint density at radius 1 is 1.25 bits per heavy atom. The zero-order valence-corrected chi connectivity index (χ0v) is 13.5. The number of carbonyl (C=O) groups is 1. The van der Waals surface area contributed by atoms with Crippen LogP contribution in [0.2, 0.25) is 0 Å². The first kappa shape index (κ1) is 14.9. The highest BCUT2D eigenvalue weighted by Gasteiger charge is 2.42. The van der Waals surface area contributed by atoms with Crippen molar-refractivity contribution < 1.29 is 4.79 Å². The second kappa shape index (κ2) is 5.74. The maximum atomic E-state index is 12.6. The van der Waals surface area contributed by atoms with Gasteiger partial charge in [0.15, 0.2) is 0 Å². The van der Waals surface area contributed by atoms with Gasteiger partial charge in [-0.1, -0.05) is 0 Å². The molecule has 0 aromatic carbocycles. The number of hydrogen-bond donors (Lipinski definition) is 1. The Labute approximate surface area is 139 Å². The summed E-state index contributed by atoms with van der Waals surface area (Å²) in [7, 11) is 0. The predicted molar refractivity (Wildman–Crippen MR) is 88.9 cm³/mol.